The Morgan fingerprint density at radius 3 is 2.18 bits per heavy atom. The Labute approximate surface area is 107 Å². The van der Waals surface area contributed by atoms with E-state index >= 15 is 0 Å². The monoisotopic (exact) mass is 233 g/mol. The molecule has 2 atom stereocenters. The number of hydrogen-bond donors (Lipinski definition) is 1. The van der Waals surface area contributed by atoms with Crippen LogP contribution in [-0.2, 0) is 6.42 Å². The van der Waals surface area contributed by atoms with Crippen molar-refractivity contribution >= 4 is 0 Å². The molecule has 0 aromatic heterocycles. The van der Waals surface area contributed by atoms with Crippen LogP contribution in [-0.4, -0.2) is 12.6 Å². The van der Waals surface area contributed by atoms with Crippen molar-refractivity contribution in [3.8, 4) is 0 Å². The van der Waals surface area contributed by atoms with Crippen LogP contribution in [0.5, 0.6) is 0 Å². The van der Waals surface area contributed by atoms with E-state index in [0.717, 1.165) is 6.54 Å². The summed E-state index contributed by atoms with van der Waals surface area (Å²) in [6, 6.07) is 9.77. The third-order valence-corrected chi connectivity index (χ3v) is 3.55. The largest absolute Gasteiger partial charge is 0.314 e. The molecule has 1 heteroatoms. The van der Waals surface area contributed by atoms with Gasteiger partial charge >= 0.3 is 0 Å². The van der Waals surface area contributed by atoms with Crippen LogP contribution in [0.2, 0.25) is 0 Å². The minimum Gasteiger partial charge on any atom is -0.314 e. The predicted molar refractivity (Wildman–Crippen MR) is 76.6 cm³/mol. The quantitative estimate of drug-likeness (QED) is 0.746. The molecule has 0 aliphatic rings. The van der Waals surface area contributed by atoms with Crippen molar-refractivity contribution in [3.05, 3.63) is 35.4 Å². The predicted octanol–water partition coefficient (Wildman–Crippen LogP) is 4.13. The number of rotatable bonds is 7. The summed E-state index contributed by atoms with van der Waals surface area (Å²) in [5.74, 6) is 0.593. The number of benzene rings is 1. The van der Waals surface area contributed by atoms with Crippen LogP contribution in [0, 0.1) is 0 Å². The highest BCUT2D eigenvalue weighted by Gasteiger charge is 2.15. The Kier molecular flexibility index (Phi) is 6.28. The molecule has 0 saturated heterocycles. The number of likely N-dealkylation sites (N-methyl/N-ethyl adjacent to an activating group) is 1. The molecule has 2 unspecified atom stereocenters. The van der Waals surface area contributed by atoms with Crippen LogP contribution in [0.25, 0.3) is 0 Å². The fourth-order valence-corrected chi connectivity index (χ4v) is 2.45. The van der Waals surface area contributed by atoms with Gasteiger partial charge in [0.2, 0.25) is 0 Å². The fourth-order valence-electron chi connectivity index (χ4n) is 2.45. The van der Waals surface area contributed by atoms with Crippen molar-refractivity contribution in [2.75, 3.05) is 6.54 Å². The van der Waals surface area contributed by atoms with E-state index in [-0.39, 0.29) is 0 Å². The zero-order valence-electron chi connectivity index (χ0n) is 11.8. The summed E-state index contributed by atoms with van der Waals surface area (Å²) in [4.78, 5) is 0. The van der Waals surface area contributed by atoms with E-state index in [1.807, 2.05) is 0 Å². The first-order valence-electron chi connectivity index (χ1n) is 7.05. The second-order valence-corrected chi connectivity index (χ2v) is 4.85. The maximum absolute atomic E-state index is 3.57. The van der Waals surface area contributed by atoms with Crippen molar-refractivity contribution in [2.24, 2.45) is 0 Å². The molecule has 0 fully saturated rings. The molecular formula is C16H27N. The molecule has 0 heterocycles. The van der Waals surface area contributed by atoms with Gasteiger partial charge in [-0.05, 0) is 36.4 Å². The molecule has 0 radical (unpaired) electrons. The van der Waals surface area contributed by atoms with E-state index in [0.29, 0.717) is 12.0 Å². The molecule has 0 aliphatic carbocycles. The average Bonchev–Trinajstić information content (AvgIpc) is 2.36. The van der Waals surface area contributed by atoms with Gasteiger partial charge < -0.3 is 5.32 Å². The molecule has 0 aliphatic heterocycles. The van der Waals surface area contributed by atoms with Gasteiger partial charge in [0.05, 0.1) is 0 Å². The molecule has 96 valence electrons. The zero-order chi connectivity index (χ0) is 12.7. The van der Waals surface area contributed by atoms with E-state index in [4.69, 9.17) is 0 Å². The summed E-state index contributed by atoms with van der Waals surface area (Å²) in [5.41, 5.74) is 2.91. The molecule has 1 rings (SSSR count). The maximum atomic E-state index is 3.57. The van der Waals surface area contributed by atoms with Crippen molar-refractivity contribution in [1.29, 1.82) is 0 Å². The third-order valence-electron chi connectivity index (χ3n) is 3.55. The van der Waals surface area contributed by atoms with E-state index in [1.54, 1.807) is 0 Å². The molecule has 0 bridgehead atoms. The van der Waals surface area contributed by atoms with Gasteiger partial charge in [-0.2, -0.15) is 0 Å². The Morgan fingerprint density at radius 2 is 1.71 bits per heavy atom. The van der Waals surface area contributed by atoms with Crippen LogP contribution >= 0.6 is 0 Å². The Hall–Kier alpha value is -0.820. The van der Waals surface area contributed by atoms with Crippen LogP contribution in [0.15, 0.2) is 24.3 Å². The lowest BCUT2D eigenvalue weighted by molar-refractivity contribution is 0.449. The number of aryl methyl sites for hydroxylation is 1. The Morgan fingerprint density at radius 1 is 1.06 bits per heavy atom. The van der Waals surface area contributed by atoms with Gasteiger partial charge in [0.1, 0.15) is 0 Å². The Balaban J connectivity index is 2.70. The fraction of sp³-hybridized carbons (Fsp3) is 0.625. The molecule has 0 amide bonds. The van der Waals surface area contributed by atoms with E-state index < -0.39 is 0 Å². The van der Waals surface area contributed by atoms with Crippen molar-refractivity contribution in [1.82, 2.24) is 5.32 Å². The maximum Gasteiger partial charge on any atom is 0.0130 e. The highest BCUT2D eigenvalue weighted by Crippen LogP contribution is 2.21. The number of hydrogen-bond acceptors (Lipinski definition) is 1. The summed E-state index contributed by atoms with van der Waals surface area (Å²) in [5, 5.41) is 3.57. The standard InChI is InChI=1S/C16H27N/c1-5-8-14-9-11-15(12-10-14)13(4)16(6-2)17-7-3/h9-13,16-17H,5-8H2,1-4H3. The molecule has 0 saturated carbocycles. The van der Waals surface area contributed by atoms with Crippen LogP contribution < -0.4 is 5.32 Å². The summed E-state index contributed by atoms with van der Waals surface area (Å²) in [6.07, 6.45) is 3.61. The molecular weight excluding hydrogens is 206 g/mol. The van der Waals surface area contributed by atoms with E-state index in [2.05, 4.69) is 57.3 Å². The minimum atomic E-state index is 0.593. The molecule has 1 aromatic carbocycles. The SMILES string of the molecule is CCCc1ccc(C(C)C(CC)NCC)cc1. The Bertz CT molecular complexity index is 302. The van der Waals surface area contributed by atoms with Gasteiger partial charge in [0, 0.05) is 6.04 Å². The van der Waals surface area contributed by atoms with Crippen LogP contribution in [0.4, 0.5) is 0 Å². The van der Waals surface area contributed by atoms with Crippen LogP contribution in [0.1, 0.15) is 57.6 Å². The van der Waals surface area contributed by atoms with E-state index in [9.17, 15) is 0 Å². The molecule has 0 spiro atoms. The van der Waals surface area contributed by atoms with Crippen molar-refractivity contribution in [2.45, 2.75) is 58.9 Å². The first-order chi connectivity index (χ1) is 8.22. The van der Waals surface area contributed by atoms with E-state index in [1.165, 1.54) is 30.4 Å². The summed E-state index contributed by atoms with van der Waals surface area (Å²) < 4.78 is 0. The topological polar surface area (TPSA) is 12.0 Å². The second-order valence-electron chi connectivity index (χ2n) is 4.85. The number of nitrogens with one attached hydrogen (secondary N) is 1. The lowest BCUT2D eigenvalue weighted by atomic mass is 9.91. The first kappa shape index (κ1) is 14.2. The second kappa shape index (κ2) is 7.50. The lowest BCUT2D eigenvalue weighted by Gasteiger charge is -2.24. The van der Waals surface area contributed by atoms with Crippen molar-refractivity contribution < 1.29 is 0 Å². The molecule has 1 aromatic rings. The first-order valence-corrected chi connectivity index (χ1v) is 7.05. The summed E-state index contributed by atoms with van der Waals surface area (Å²) in [7, 11) is 0. The van der Waals surface area contributed by atoms with Crippen LogP contribution in [0.3, 0.4) is 0 Å². The third kappa shape index (κ3) is 4.16. The normalized spacial score (nSPS) is 14.6. The van der Waals surface area contributed by atoms with Gasteiger partial charge in [0.25, 0.3) is 0 Å². The van der Waals surface area contributed by atoms with Gasteiger partial charge in [0.15, 0.2) is 0 Å². The molecule has 1 nitrogen and oxygen atoms in total. The van der Waals surface area contributed by atoms with Crippen molar-refractivity contribution in [3.63, 3.8) is 0 Å². The average molecular weight is 233 g/mol. The zero-order valence-corrected chi connectivity index (χ0v) is 11.8. The highest BCUT2D eigenvalue weighted by molar-refractivity contribution is 5.26. The molecule has 1 N–H and O–H groups in total. The van der Waals surface area contributed by atoms with Gasteiger partial charge in [-0.1, -0.05) is 58.4 Å². The van der Waals surface area contributed by atoms with Gasteiger partial charge in [-0.15, -0.1) is 0 Å². The lowest BCUT2D eigenvalue weighted by Crippen LogP contribution is -2.32. The van der Waals surface area contributed by atoms with Gasteiger partial charge in [-0.25, -0.2) is 0 Å². The summed E-state index contributed by atoms with van der Waals surface area (Å²) in [6.45, 7) is 10.0. The smallest absolute Gasteiger partial charge is 0.0130 e. The molecule has 17 heavy (non-hydrogen) atoms. The van der Waals surface area contributed by atoms with Gasteiger partial charge in [-0.3, -0.25) is 0 Å². The highest BCUT2D eigenvalue weighted by atomic mass is 14.9. The minimum absolute atomic E-state index is 0.593. The summed E-state index contributed by atoms with van der Waals surface area (Å²) >= 11 is 0.